The lowest BCUT2D eigenvalue weighted by Gasteiger charge is -2.16. The molecule has 4 rings (SSSR count). The minimum absolute atomic E-state index is 0.153. The number of rotatable bonds is 5. The van der Waals surface area contributed by atoms with Crippen molar-refractivity contribution in [1.82, 2.24) is 14.5 Å². The van der Waals surface area contributed by atoms with E-state index in [-0.39, 0.29) is 11.8 Å². The molecule has 27 heavy (non-hydrogen) atoms. The zero-order valence-electron chi connectivity index (χ0n) is 15.7. The van der Waals surface area contributed by atoms with Gasteiger partial charge in [0.15, 0.2) is 0 Å². The van der Waals surface area contributed by atoms with Gasteiger partial charge >= 0.3 is 0 Å². The molecule has 1 aliphatic rings. The molecule has 1 atom stereocenters. The predicted molar refractivity (Wildman–Crippen MR) is 107 cm³/mol. The maximum absolute atomic E-state index is 12.5. The van der Waals surface area contributed by atoms with Crippen LogP contribution in [-0.2, 0) is 6.54 Å². The Kier molecular flexibility index (Phi) is 5.05. The maximum Gasteiger partial charge on any atom is 0.253 e. The molecule has 1 amide bonds. The van der Waals surface area contributed by atoms with Crippen LogP contribution in [-0.4, -0.2) is 33.4 Å². The summed E-state index contributed by atoms with van der Waals surface area (Å²) in [7, 11) is 0. The topological polar surface area (TPSA) is 38.1 Å². The van der Waals surface area contributed by atoms with Crippen molar-refractivity contribution in [2.75, 3.05) is 13.1 Å². The molecule has 0 saturated carbocycles. The van der Waals surface area contributed by atoms with Gasteiger partial charge in [0.2, 0.25) is 0 Å². The summed E-state index contributed by atoms with van der Waals surface area (Å²) < 4.78 is 2.19. The van der Waals surface area contributed by atoms with E-state index in [9.17, 15) is 4.79 Å². The summed E-state index contributed by atoms with van der Waals surface area (Å²) in [6.45, 7) is 4.71. The molecule has 2 aromatic carbocycles. The fourth-order valence-electron chi connectivity index (χ4n) is 3.78. The lowest BCUT2D eigenvalue weighted by Crippen LogP contribution is -2.27. The Bertz CT molecular complexity index is 893. The number of likely N-dealkylation sites (tertiary alicyclic amines) is 1. The summed E-state index contributed by atoms with van der Waals surface area (Å²) in [5.41, 5.74) is 3.22. The molecule has 0 unspecified atom stereocenters. The van der Waals surface area contributed by atoms with Crippen molar-refractivity contribution in [2.45, 2.75) is 32.2 Å². The molecule has 1 saturated heterocycles. The molecule has 0 bridgehead atoms. The molecule has 4 nitrogen and oxygen atoms in total. The van der Waals surface area contributed by atoms with E-state index >= 15 is 0 Å². The van der Waals surface area contributed by atoms with E-state index in [1.54, 1.807) is 0 Å². The van der Waals surface area contributed by atoms with Gasteiger partial charge < -0.3 is 9.47 Å². The number of hydrogen-bond donors (Lipinski definition) is 0. The maximum atomic E-state index is 12.5. The molecule has 1 fully saturated rings. The lowest BCUT2D eigenvalue weighted by molar-refractivity contribution is 0.0793. The van der Waals surface area contributed by atoms with E-state index in [4.69, 9.17) is 0 Å². The van der Waals surface area contributed by atoms with Crippen LogP contribution >= 0.6 is 0 Å². The van der Waals surface area contributed by atoms with E-state index < -0.39 is 0 Å². The summed E-state index contributed by atoms with van der Waals surface area (Å²) in [4.78, 5) is 19.0. The number of nitrogens with zero attached hydrogens (tertiary/aromatic N) is 3. The second-order valence-corrected chi connectivity index (χ2v) is 7.24. The molecule has 0 aliphatic carbocycles. The SMILES string of the molecule is C[C@H](c1ccccc1)c1nccn1Cc1ccc(C(=O)N2CCCC2)cc1. The van der Waals surface area contributed by atoms with E-state index in [0.717, 1.165) is 43.9 Å². The highest BCUT2D eigenvalue weighted by atomic mass is 16.2. The average Bonchev–Trinajstić information content (AvgIpc) is 3.40. The minimum atomic E-state index is 0.153. The van der Waals surface area contributed by atoms with Crippen molar-refractivity contribution < 1.29 is 4.79 Å². The van der Waals surface area contributed by atoms with Crippen LogP contribution in [0.1, 0.15) is 53.0 Å². The third-order valence-electron chi connectivity index (χ3n) is 5.38. The lowest BCUT2D eigenvalue weighted by atomic mass is 10.0. The molecule has 2 heterocycles. The Hall–Kier alpha value is -2.88. The molecule has 4 heteroatoms. The summed E-state index contributed by atoms with van der Waals surface area (Å²) in [6, 6.07) is 18.5. The third-order valence-corrected chi connectivity index (χ3v) is 5.38. The van der Waals surface area contributed by atoms with Crippen LogP contribution in [0.4, 0.5) is 0 Å². The van der Waals surface area contributed by atoms with Gasteiger partial charge in [0, 0.05) is 43.5 Å². The van der Waals surface area contributed by atoms with E-state index in [1.165, 1.54) is 11.1 Å². The Morgan fingerprint density at radius 2 is 1.74 bits per heavy atom. The fourth-order valence-corrected chi connectivity index (χ4v) is 3.78. The zero-order valence-corrected chi connectivity index (χ0v) is 15.7. The first-order valence-electron chi connectivity index (χ1n) is 9.66. The van der Waals surface area contributed by atoms with Crippen molar-refractivity contribution >= 4 is 5.91 Å². The number of benzene rings is 2. The van der Waals surface area contributed by atoms with Crippen LogP contribution in [0.15, 0.2) is 67.0 Å². The van der Waals surface area contributed by atoms with E-state index in [0.29, 0.717) is 0 Å². The van der Waals surface area contributed by atoms with Crippen molar-refractivity contribution in [3.8, 4) is 0 Å². The molecule has 1 aliphatic heterocycles. The monoisotopic (exact) mass is 359 g/mol. The standard InChI is InChI=1S/C23H25N3O/c1-18(20-7-3-2-4-8-20)22-24-13-16-26(22)17-19-9-11-21(12-10-19)23(27)25-14-5-6-15-25/h2-4,7-13,16,18H,5-6,14-15,17H2,1H3/t18-/m1/s1. The zero-order chi connectivity index (χ0) is 18.6. The molecular weight excluding hydrogens is 334 g/mol. The van der Waals surface area contributed by atoms with Gasteiger partial charge in [0.05, 0.1) is 0 Å². The van der Waals surface area contributed by atoms with Gasteiger partial charge in [0.1, 0.15) is 5.82 Å². The normalized spacial score (nSPS) is 15.1. The van der Waals surface area contributed by atoms with Crippen LogP contribution in [0.3, 0.4) is 0 Å². The van der Waals surface area contributed by atoms with Gasteiger partial charge in [-0.05, 0) is 36.1 Å². The van der Waals surface area contributed by atoms with Crippen LogP contribution in [0.2, 0.25) is 0 Å². The first-order valence-corrected chi connectivity index (χ1v) is 9.66. The van der Waals surface area contributed by atoms with Crippen molar-refractivity contribution in [3.63, 3.8) is 0 Å². The summed E-state index contributed by atoms with van der Waals surface area (Å²) in [6.07, 6.45) is 6.12. The van der Waals surface area contributed by atoms with Gasteiger partial charge in [-0.2, -0.15) is 0 Å². The average molecular weight is 359 g/mol. The molecular formula is C23H25N3O. The van der Waals surface area contributed by atoms with E-state index in [2.05, 4.69) is 52.9 Å². The number of amides is 1. The summed E-state index contributed by atoms with van der Waals surface area (Å²) in [5.74, 6) is 1.44. The van der Waals surface area contributed by atoms with Crippen molar-refractivity contribution in [3.05, 3.63) is 89.5 Å². The molecule has 3 aromatic rings. The molecule has 1 aromatic heterocycles. The first kappa shape index (κ1) is 17.5. The molecule has 0 spiro atoms. The predicted octanol–water partition coefficient (Wildman–Crippen LogP) is 4.32. The van der Waals surface area contributed by atoms with Crippen LogP contribution < -0.4 is 0 Å². The summed E-state index contributed by atoms with van der Waals surface area (Å²) >= 11 is 0. The number of aromatic nitrogens is 2. The van der Waals surface area contributed by atoms with Crippen molar-refractivity contribution in [2.24, 2.45) is 0 Å². The van der Waals surface area contributed by atoms with Gasteiger partial charge in [-0.3, -0.25) is 4.79 Å². The highest BCUT2D eigenvalue weighted by Gasteiger charge is 2.19. The second kappa shape index (κ2) is 7.78. The molecule has 0 radical (unpaired) electrons. The Balaban J connectivity index is 1.49. The number of hydrogen-bond acceptors (Lipinski definition) is 2. The quantitative estimate of drug-likeness (QED) is 0.680. The van der Waals surface area contributed by atoms with Crippen LogP contribution in [0.5, 0.6) is 0 Å². The first-order chi connectivity index (χ1) is 13.2. The van der Waals surface area contributed by atoms with Gasteiger partial charge in [-0.15, -0.1) is 0 Å². The smallest absolute Gasteiger partial charge is 0.253 e. The van der Waals surface area contributed by atoms with Crippen molar-refractivity contribution in [1.29, 1.82) is 0 Å². The largest absolute Gasteiger partial charge is 0.339 e. The molecule has 138 valence electrons. The number of carbonyl (C=O) groups is 1. The third kappa shape index (κ3) is 3.80. The Morgan fingerprint density at radius 3 is 2.44 bits per heavy atom. The van der Waals surface area contributed by atoms with E-state index in [1.807, 2.05) is 35.5 Å². The fraction of sp³-hybridized carbons (Fsp3) is 0.304. The number of imidazole rings is 1. The highest BCUT2D eigenvalue weighted by molar-refractivity contribution is 5.94. The highest BCUT2D eigenvalue weighted by Crippen LogP contribution is 2.23. The van der Waals surface area contributed by atoms with Gasteiger partial charge in [-0.1, -0.05) is 49.4 Å². The summed E-state index contributed by atoms with van der Waals surface area (Å²) in [5, 5.41) is 0. The van der Waals surface area contributed by atoms with Crippen LogP contribution in [0, 0.1) is 0 Å². The van der Waals surface area contributed by atoms with Gasteiger partial charge in [0.25, 0.3) is 5.91 Å². The second-order valence-electron chi connectivity index (χ2n) is 7.24. The Morgan fingerprint density at radius 1 is 1.04 bits per heavy atom. The van der Waals surface area contributed by atoms with Gasteiger partial charge in [-0.25, -0.2) is 4.98 Å². The number of carbonyl (C=O) groups excluding carboxylic acids is 1. The van der Waals surface area contributed by atoms with Crippen LogP contribution in [0.25, 0.3) is 0 Å². The molecule has 0 N–H and O–H groups in total. The Labute approximate surface area is 160 Å². The minimum Gasteiger partial charge on any atom is -0.339 e.